The van der Waals surface area contributed by atoms with Crippen LogP contribution in [-0.4, -0.2) is 41.3 Å². The molecule has 12 nitrogen and oxygen atoms in total. The fourth-order valence-corrected chi connectivity index (χ4v) is 4.43. The summed E-state index contributed by atoms with van der Waals surface area (Å²) >= 11 is 5.29. The minimum atomic E-state index is -0.650. The molecule has 212 valence electrons. The fraction of sp³-hybridized carbons (Fsp3) is 0.214. The molecule has 1 atom stereocenters. The number of nitro benzene ring substituents is 1. The van der Waals surface area contributed by atoms with Gasteiger partial charge in [0.15, 0.2) is 11.7 Å². The van der Waals surface area contributed by atoms with Gasteiger partial charge in [-0.1, -0.05) is 24.3 Å². The van der Waals surface area contributed by atoms with Crippen LogP contribution in [0.2, 0.25) is 0 Å². The Morgan fingerprint density at radius 1 is 1.20 bits per heavy atom. The quantitative estimate of drug-likeness (QED) is 0.106. The molecule has 3 N–H and O–H groups in total. The van der Waals surface area contributed by atoms with Crippen molar-refractivity contribution in [1.82, 2.24) is 16.1 Å². The van der Waals surface area contributed by atoms with Crippen molar-refractivity contribution in [2.24, 2.45) is 5.10 Å². The second-order valence-electron chi connectivity index (χ2n) is 8.87. The van der Waals surface area contributed by atoms with Gasteiger partial charge in [0.05, 0.1) is 29.4 Å². The fourth-order valence-electron chi connectivity index (χ4n) is 4.16. The van der Waals surface area contributed by atoms with Crippen LogP contribution in [0, 0.1) is 17.0 Å². The summed E-state index contributed by atoms with van der Waals surface area (Å²) in [6.45, 7) is 5.11. The number of amides is 1. The van der Waals surface area contributed by atoms with Gasteiger partial charge in [0, 0.05) is 29.0 Å². The van der Waals surface area contributed by atoms with E-state index in [9.17, 15) is 19.7 Å². The van der Waals surface area contributed by atoms with Crippen LogP contribution in [0.1, 0.15) is 36.8 Å². The zero-order chi connectivity index (χ0) is 29.5. The number of hydrogen-bond acceptors (Lipinski definition) is 9. The highest BCUT2D eigenvalue weighted by molar-refractivity contribution is 7.80. The minimum absolute atomic E-state index is 0.0482. The molecule has 0 bridgehead atoms. The predicted molar refractivity (Wildman–Crippen MR) is 154 cm³/mol. The van der Waals surface area contributed by atoms with Crippen LogP contribution in [0.25, 0.3) is 11.3 Å². The predicted octanol–water partition coefficient (Wildman–Crippen LogP) is 4.05. The summed E-state index contributed by atoms with van der Waals surface area (Å²) in [7, 11) is 0. The Morgan fingerprint density at radius 3 is 2.73 bits per heavy atom. The molecule has 13 heteroatoms. The number of nitrogens with one attached hydrogen (secondary N) is 3. The number of carbonyl (C=O) groups excluding carboxylic acids is 2. The number of furan rings is 1. The molecule has 0 aliphatic carbocycles. The van der Waals surface area contributed by atoms with Crippen LogP contribution in [-0.2, 0) is 14.3 Å². The first-order valence-electron chi connectivity index (χ1n) is 12.5. The average Bonchev–Trinajstić information content (AvgIpc) is 3.40. The summed E-state index contributed by atoms with van der Waals surface area (Å²) in [6, 6.07) is 14.1. The molecule has 1 aromatic heterocycles. The van der Waals surface area contributed by atoms with Gasteiger partial charge in [0.2, 0.25) is 0 Å². The molecular weight excluding hydrogens is 550 g/mol. The van der Waals surface area contributed by atoms with Crippen molar-refractivity contribution in [3.05, 3.63) is 92.9 Å². The summed E-state index contributed by atoms with van der Waals surface area (Å²) < 4.78 is 16.7. The molecule has 0 fully saturated rings. The standard InChI is InChI=1S/C28H27N5O7S/c1-4-38-27(35)25-17(3)30-28(41)31-26(25)20-7-5-6-8-22(20)39-15-24(34)32-29-14-19-11-12-23(40-19)21-13-18(33(36)37)10-9-16(21)2/h5-14,26H,4,15H2,1-3H3,(H,32,34)(H2,30,31,41)/t26-/m0/s1. The molecule has 0 saturated carbocycles. The van der Waals surface area contributed by atoms with Gasteiger partial charge < -0.3 is 24.5 Å². The number of hydrazone groups is 1. The number of allylic oxidation sites excluding steroid dienone is 1. The van der Waals surface area contributed by atoms with E-state index < -0.39 is 22.8 Å². The summed E-state index contributed by atoms with van der Waals surface area (Å²) in [5, 5.41) is 21.4. The highest BCUT2D eigenvalue weighted by Crippen LogP contribution is 2.33. The van der Waals surface area contributed by atoms with Crippen LogP contribution in [0.3, 0.4) is 0 Å². The molecule has 1 aliphatic rings. The third kappa shape index (κ3) is 6.94. The van der Waals surface area contributed by atoms with Crippen LogP contribution >= 0.6 is 12.2 Å². The number of rotatable bonds is 10. The summed E-state index contributed by atoms with van der Waals surface area (Å²) in [4.78, 5) is 35.8. The lowest BCUT2D eigenvalue weighted by Gasteiger charge is -2.30. The van der Waals surface area contributed by atoms with Gasteiger partial charge in [-0.2, -0.15) is 5.10 Å². The number of non-ortho nitro benzene ring substituents is 1. The van der Waals surface area contributed by atoms with E-state index in [1.165, 1.54) is 18.3 Å². The molecule has 4 rings (SSSR count). The topological polar surface area (TPSA) is 157 Å². The first-order valence-corrected chi connectivity index (χ1v) is 12.9. The monoisotopic (exact) mass is 577 g/mol. The van der Waals surface area contributed by atoms with Crippen molar-refractivity contribution in [3.8, 4) is 17.1 Å². The number of nitrogens with zero attached hydrogens (tertiary/aromatic N) is 2. The Kier molecular flexibility index (Phi) is 9.09. The number of aryl methyl sites for hydroxylation is 1. The lowest BCUT2D eigenvalue weighted by molar-refractivity contribution is -0.384. The van der Waals surface area contributed by atoms with E-state index in [-0.39, 0.29) is 18.9 Å². The largest absolute Gasteiger partial charge is 0.483 e. The van der Waals surface area contributed by atoms with Crippen LogP contribution in [0.5, 0.6) is 5.75 Å². The van der Waals surface area contributed by atoms with Gasteiger partial charge in [-0.25, -0.2) is 10.2 Å². The maximum atomic E-state index is 12.7. The molecule has 2 heterocycles. The number of thiocarbonyl (C=S) groups is 1. The highest BCUT2D eigenvalue weighted by atomic mass is 32.1. The van der Waals surface area contributed by atoms with E-state index >= 15 is 0 Å². The maximum Gasteiger partial charge on any atom is 0.338 e. The van der Waals surface area contributed by atoms with Gasteiger partial charge in [0.25, 0.3) is 11.6 Å². The number of ether oxygens (including phenoxy) is 2. The molecule has 1 amide bonds. The number of nitro groups is 1. The first kappa shape index (κ1) is 29.0. The van der Waals surface area contributed by atoms with Crippen LogP contribution < -0.4 is 20.8 Å². The number of para-hydroxylation sites is 1. The second kappa shape index (κ2) is 12.9. The molecule has 1 aliphatic heterocycles. The SMILES string of the molecule is CCOC(=O)C1=C(C)NC(=S)N[C@H]1c1ccccc1OCC(=O)NN=Cc1ccc(-c2cc([N+](=O)[O-])ccc2C)o1. The molecule has 2 aromatic carbocycles. The van der Waals surface area contributed by atoms with Crippen molar-refractivity contribution in [3.63, 3.8) is 0 Å². The number of esters is 1. The normalized spacial score (nSPS) is 14.8. The average molecular weight is 578 g/mol. The zero-order valence-corrected chi connectivity index (χ0v) is 23.2. The molecule has 0 saturated heterocycles. The summed E-state index contributed by atoms with van der Waals surface area (Å²) in [5.41, 5.74) is 5.21. The molecular formula is C28H27N5O7S. The van der Waals surface area contributed by atoms with Crippen molar-refractivity contribution in [2.45, 2.75) is 26.8 Å². The smallest absolute Gasteiger partial charge is 0.338 e. The molecule has 3 aromatic rings. The van der Waals surface area contributed by atoms with Gasteiger partial charge in [-0.05, 0) is 56.8 Å². The van der Waals surface area contributed by atoms with Crippen molar-refractivity contribution >= 4 is 41.1 Å². The Bertz CT molecular complexity index is 1560. The van der Waals surface area contributed by atoms with Crippen molar-refractivity contribution in [2.75, 3.05) is 13.2 Å². The third-order valence-corrected chi connectivity index (χ3v) is 6.28. The number of hydrogen-bond donors (Lipinski definition) is 3. The molecule has 0 spiro atoms. The van der Waals surface area contributed by atoms with E-state index in [0.717, 1.165) is 5.56 Å². The maximum absolute atomic E-state index is 12.7. The second-order valence-corrected chi connectivity index (χ2v) is 9.28. The number of benzene rings is 2. The first-order chi connectivity index (χ1) is 19.7. The van der Waals surface area contributed by atoms with Gasteiger partial charge in [-0.3, -0.25) is 14.9 Å². The minimum Gasteiger partial charge on any atom is -0.483 e. The van der Waals surface area contributed by atoms with E-state index in [1.807, 2.05) is 6.92 Å². The molecule has 0 radical (unpaired) electrons. The van der Waals surface area contributed by atoms with Crippen LogP contribution in [0.15, 0.2) is 75.4 Å². The van der Waals surface area contributed by atoms with Gasteiger partial charge in [-0.15, -0.1) is 0 Å². The van der Waals surface area contributed by atoms with Gasteiger partial charge in [0.1, 0.15) is 17.3 Å². The lowest BCUT2D eigenvalue weighted by atomic mass is 9.95. The van der Waals surface area contributed by atoms with Crippen molar-refractivity contribution < 1.29 is 28.4 Å². The molecule has 0 unspecified atom stereocenters. The summed E-state index contributed by atoms with van der Waals surface area (Å²) in [6.07, 6.45) is 1.31. The zero-order valence-electron chi connectivity index (χ0n) is 22.4. The van der Waals surface area contributed by atoms with Crippen LogP contribution in [0.4, 0.5) is 5.69 Å². The van der Waals surface area contributed by atoms with E-state index in [1.54, 1.807) is 56.3 Å². The number of carbonyl (C=O) groups is 2. The molecule has 41 heavy (non-hydrogen) atoms. The van der Waals surface area contributed by atoms with Crippen molar-refractivity contribution in [1.29, 1.82) is 0 Å². The van der Waals surface area contributed by atoms with Gasteiger partial charge >= 0.3 is 5.97 Å². The Hall–Kier alpha value is -5.04. The van der Waals surface area contributed by atoms with E-state index in [0.29, 0.717) is 44.8 Å². The Morgan fingerprint density at radius 2 is 1.98 bits per heavy atom. The third-order valence-electron chi connectivity index (χ3n) is 6.06. The Balaban J connectivity index is 1.41. The van der Waals surface area contributed by atoms with E-state index in [4.69, 9.17) is 26.1 Å². The Labute approximate surface area is 240 Å². The van der Waals surface area contributed by atoms with E-state index in [2.05, 4.69) is 21.2 Å². The highest BCUT2D eigenvalue weighted by Gasteiger charge is 2.32. The summed E-state index contributed by atoms with van der Waals surface area (Å²) in [5.74, 6) is 0.0894. The lowest BCUT2D eigenvalue weighted by Crippen LogP contribution is -2.45.